The third-order valence-corrected chi connectivity index (χ3v) is 3.86. The lowest BCUT2D eigenvalue weighted by Crippen LogP contribution is -2.53. The van der Waals surface area contributed by atoms with Crippen LogP contribution in [-0.2, 0) is 9.53 Å². The van der Waals surface area contributed by atoms with E-state index in [1.165, 1.54) is 0 Å². The molecule has 116 valence electrons. The number of aliphatic carboxylic acids is 1. The fourth-order valence-corrected chi connectivity index (χ4v) is 2.16. The van der Waals surface area contributed by atoms with E-state index in [-0.39, 0.29) is 19.2 Å². The quantitative estimate of drug-likeness (QED) is 0.618. The van der Waals surface area contributed by atoms with Crippen molar-refractivity contribution in [3.05, 3.63) is 0 Å². The van der Waals surface area contributed by atoms with Crippen LogP contribution in [-0.4, -0.2) is 67.4 Å². The van der Waals surface area contributed by atoms with E-state index in [1.807, 2.05) is 0 Å². The maximum atomic E-state index is 11.8. The first-order valence-electron chi connectivity index (χ1n) is 7.01. The number of carbonyl (C=O) groups is 2. The predicted molar refractivity (Wildman–Crippen MR) is 74.7 cm³/mol. The van der Waals surface area contributed by atoms with Crippen LogP contribution in [0.5, 0.6) is 0 Å². The number of amides is 2. The Hall–Kier alpha value is -1.34. The number of carboxylic acid groups (broad SMARTS) is 1. The Morgan fingerprint density at radius 1 is 1.40 bits per heavy atom. The molecule has 0 aromatic rings. The maximum absolute atomic E-state index is 11.8. The van der Waals surface area contributed by atoms with Crippen LogP contribution >= 0.6 is 0 Å². The summed E-state index contributed by atoms with van der Waals surface area (Å²) in [6, 6.07) is -0.853. The molecule has 1 heterocycles. The van der Waals surface area contributed by atoms with Gasteiger partial charge in [-0.25, -0.2) is 4.79 Å². The molecule has 7 nitrogen and oxygen atoms in total. The van der Waals surface area contributed by atoms with Crippen LogP contribution < -0.4 is 10.6 Å². The van der Waals surface area contributed by atoms with Crippen molar-refractivity contribution in [2.45, 2.75) is 26.8 Å². The molecule has 2 atom stereocenters. The molecule has 0 bridgehead atoms. The van der Waals surface area contributed by atoms with E-state index in [4.69, 9.17) is 4.74 Å². The Labute approximate surface area is 119 Å². The molecule has 1 rings (SSSR count). The zero-order chi connectivity index (χ0) is 15.2. The minimum Gasteiger partial charge on any atom is -0.481 e. The van der Waals surface area contributed by atoms with Crippen LogP contribution in [0.1, 0.15) is 20.8 Å². The summed E-state index contributed by atoms with van der Waals surface area (Å²) in [7, 11) is 0. The minimum atomic E-state index is -1.06. The molecule has 0 radical (unpaired) electrons. The SMILES string of the molecule is CCN(CC)CCNC(=O)NC1COCC1(C)C(=O)O. The average molecular weight is 287 g/mol. The van der Waals surface area contributed by atoms with Gasteiger partial charge in [0.2, 0.25) is 0 Å². The highest BCUT2D eigenvalue weighted by Crippen LogP contribution is 2.28. The van der Waals surface area contributed by atoms with E-state index in [1.54, 1.807) is 6.92 Å². The molecule has 3 N–H and O–H groups in total. The van der Waals surface area contributed by atoms with Gasteiger partial charge in [0.1, 0.15) is 5.41 Å². The Balaban J connectivity index is 2.37. The van der Waals surface area contributed by atoms with Crippen molar-refractivity contribution in [1.29, 1.82) is 0 Å². The Morgan fingerprint density at radius 2 is 2.05 bits per heavy atom. The molecule has 2 unspecified atom stereocenters. The van der Waals surface area contributed by atoms with Crippen molar-refractivity contribution < 1.29 is 19.4 Å². The minimum absolute atomic E-state index is 0.118. The standard InChI is InChI=1S/C13H25N3O4/c1-4-16(5-2)7-6-14-12(19)15-10-8-20-9-13(10,3)11(17)18/h10H,4-9H2,1-3H3,(H,17,18)(H2,14,15,19). The third kappa shape index (κ3) is 4.08. The Kier molecular flexibility index (Phi) is 6.22. The van der Waals surface area contributed by atoms with E-state index >= 15 is 0 Å². The summed E-state index contributed by atoms with van der Waals surface area (Å²) < 4.78 is 5.18. The van der Waals surface area contributed by atoms with Gasteiger partial charge >= 0.3 is 12.0 Å². The van der Waals surface area contributed by atoms with Crippen LogP contribution in [0, 0.1) is 5.41 Å². The van der Waals surface area contributed by atoms with Gasteiger partial charge in [0, 0.05) is 13.1 Å². The molecule has 2 amide bonds. The number of ether oxygens (including phenoxy) is 1. The fraction of sp³-hybridized carbons (Fsp3) is 0.846. The summed E-state index contributed by atoms with van der Waals surface area (Å²) in [4.78, 5) is 25.2. The van der Waals surface area contributed by atoms with Crippen LogP contribution in [0.3, 0.4) is 0 Å². The Morgan fingerprint density at radius 3 is 2.60 bits per heavy atom. The lowest BCUT2D eigenvalue weighted by atomic mass is 9.85. The molecule has 1 aliphatic heterocycles. The van der Waals surface area contributed by atoms with E-state index in [2.05, 4.69) is 29.4 Å². The molecular weight excluding hydrogens is 262 g/mol. The number of hydrogen-bond acceptors (Lipinski definition) is 4. The lowest BCUT2D eigenvalue weighted by molar-refractivity contribution is -0.148. The van der Waals surface area contributed by atoms with Gasteiger partial charge in [0.05, 0.1) is 19.3 Å². The number of hydrogen-bond donors (Lipinski definition) is 3. The number of likely N-dealkylation sites (N-methyl/N-ethyl adjacent to an activating group) is 1. The number of rotatable bonds is 7. The van der Waals surface area contributed by atoms with Gasteiger partial charge < -0.3 is 25.4 Å². The topological polar surface area (TPSA) is 90.9 Å². The fourth-order valence-electron chi connectivity index (χ4n) is 2.16. The number of nitrogens with zero attached hydrogens (tertiary/aromatic N) is 1. The molecule has 1 fully saturated rings. The average Bonchev–Trinajstić information content (AvgIpc) is 2.77. The zero-order valence-corrected chi connectivity index (χ0v) is 12.4. The van der Waals surface area contributed by atoms with Gasteiger partial charge in [-0.3, -0.25) is 4.79 Å². The maximum Gasteiger partial charge on any atom is 0.315 e. The number of carboxylic acids is 1. The molecule has 1 saturated heterocycles. The van der Waals surface area contributed by atoms with Gasteiger partial charge in [-0.2, -0.15) is 0 Å². The van der Waals surface area contributed by atoms with Crippen LogP contribution in [0.25, 0.3) is 0 Å². The molecular formula is C13H25N3O4. The van der Waals surface area contributed by atoms with Crippen molar-refractivity contribution in [3.8, 4) is 0 Å². The second-order valence-corrected chi connectivity index (χ2v) is 5.22. The van der Waals surface area contributed by atoms with E-state index in [9.17, 15) is 14.7 Å². The largest absolute Gasteiger partial charge is 0.481 e. The van der Waals surface area contributed by atoms with Crippen molar-refractivity contribution in [2.24, 2.45) is 5.41 Å². The highest BCUT2D eigenvalue weighted by atomic mass is 16.5. The van der Waals surface area contributed by atoms with Crippen LogP contribution in [0.15, 0.2) is 0 Å². The summed E-state index contributed by atoms with van der Waals surface area (Å²) >= 11 is 0. The van der Waals surface area contributed by atoms with Crippen LogP contribution in [0.2, 0.25) is 0 Å². The van der Waals surface area contributed by atoms with E-state index in [0.717, 1.165) is 19.6 Å². The zero-order valence-electron chi connectivity index (χ0n) is 12.4. The van der Waals surface area contributed by atoms with Gasteiger partial charge in [0.25, 0.3) is 0 Å². The van der Waals surface area contributed by atoms with Gasteiger partial charge in [-0.1, -0.05) is 13.8 Å². The number of urea groups is 1. The summed E-state index contributed by atoms with van der Waals surface area (Å²) in [5, 5.41) is 14.6. The van der Waals surface area contributed by atoms with Gasteiger partial charge in [-0.05, 0) is 20.0 Å². The molecule has 7 heteroatoms. The highest BCUT2D eigenvalue weighted by Gasteiger charge is 2.47. The van der Waals surface area contributed by atoms with Crippen molar-refractivity contribution in [2.75, 3.05) is 39.4 Å². The first-order valence-corrected chi connectivity index (χ1v) is 7.01. The van der Waals surface area contributed by atoms with E-state index in [0.29, 0.717) is 6.54 Å². The lowest BCUT2D eigenvalue weighted by Gasteiger charge is -2.25. The monoisotopic (exact) mass is 287 g/mol. The molecule has 0 aromatic heterocycles. The van der Waals surface area contributed by atoms with Crippen molar-refractivity contribution in [3.63, 3.8) is 0 Å². The first kappa shape index (κ1) is 16.7. The molecule has 0 spiro atoms. The Bertz CT molecular complexity index is 347. The summed E-state index contributed by atoms with van der Waals surface area (Å²) in [5.74, 6) is -0.955. The first-order chi connectivity index (χ1) is 9.43. The van der Waals surface area contributed by atoms with Crippen molar-refractivity contribution in [1.82, 2.24) is 15.5 Å². The van der Waals surface area contributed by atoms with Gasteiger partial charge in [-0.15, -0.1) is 0 Å². The molecule has 20 heavy (non-hydrogen) atoms. The molecule has 0 aliphatic carbocycles. The molecule has 0 saturated carbocycles. The highest BCUT2D eigenvalue weighted by molar-refractivity contribution is 5.79. The number of nitrogens with one attached hydrogen (secondary N) is 2. The second-order valence-electron chi connectivity index (χ2n) is 5.22. The number of carbonyl (C=O) groups excluding carboxylic acids is 1. The van der Waals surface area contributed by atoms with Crippen LogP contribution in [0.4, 0.5) is 4.79 Å². The van der Waals surface area contributed by atoms with E-state index < -0.39 is 17.4 Å². The molecule has 0 aromatic carbocycles. The predicted octanol–water partition coefficient (Wildman–Crippen LogP) is 0.117. The summed E-state index contributed by atoms with van der Waals surface area (Å²) in [5.41, 5.74) is -1.06. The smallest absolute Gasteiger partial charge is 0.315 e. The summed E-state index contributed by atoms with van der Waals surface area (Å²) in [6.45, 7) is 9.25. The van der Waals surface area contributed by atoms with Gasteiger partial charge in [0.15, 0.2) is 0 Å². The van der Waals surface area contributed by atoms with Crippen molar-refractivity contribution >= 4 is 12.0 Å². The third-order valence-electron chi connectivity index (χ3n) is 3.86. The molecule has 1 aliphatic rings. The second kappa shape index (κ2) is 7.44. The summed E-state index contributed by atoms with van der Waals surface area (Å²) in [6.07, 6.45) is 0. The normalized spacial score (nSPS) is 25.7.